The smallest absolute Gasteiger partial charge is 0.0447 e. The average Bonchev–Trinajstić information content (AvgIpc) is 2.32. The second-order valence-corrected chi connectivity index (χ2v) is 6.12. The van der Waals surface area contributed by atoms with Crippen LogP contribution in [0.3, 0.4) is 0 Å². The number of hydrogen-bond acceptors (Lipinski definition) is 2. The maximum atomic E-state index is 6.15. The lowest BCUT2D eigenvalue weighted by molar-refractivity contribution is 0.516. The number of nitrogen functional groups attached to an aromatic ring is 1. The Labute approximate surface area is 107 Å². The Kier molecular flexibility index (Phi) is 4.42. The van der Waals surface area contributed by atoms with Crippen LogP contribution in [0.1, 0.15) is 37.7 Å². The number of halogens is 1. The van der Waals surface area contributed by atoms with Crippen molar-refractivity contribution in [2.24, 2.45) is 0 Å². The summed E-state index contributed by atoms with van der Waals surface area (Å²) in [7, 11) is 0. The summed E-state index contributed by atoms with van der Waals surface area (Å²) in [4.78, 5) is 0. The van der Waals surface area contributed by atoms with Gasteiger partial charge in [-0.25, -0.2) is 0 Å². The van der Waals surface area contributed by atoms with Gasteiger partial charge in [0.2, 0.25) is 0 Å². The van der Waals surface area contributed by atoms with E-state index in [0.29, 0.717) is 0 Å². The lowest BCUT2D eigenvalue weighted by Gasteiger charge is -2.21. The first-order valence-corrected chi connectivity index (χ1v) is 7.34. The van der Waals surface area contributed by atoms with Gasteiger partial charge in [-0.3, -0.25) is 0 Å². The van der Waals surface area contributed by atoms with Gasteiger partial charge in [0.25, 0.3) is 0 Å². The summed E-state index contributed by atoms with van der Waals surface area (Å²) < 4.78 is 0. The number of rotatable bonds is 3. The van der Waals surface area contributed by atoms with E-state index in [1.165, 1.54) is 37.7 Å². The highest BCUT2D eigenvalue weighted by Crippen LogP contribution is 2.32. The van der Waals surface area contributed by atoms with Crippen LogP contribution in [-0.2, 0) is 5.75 Å². The van der Waals surface area contributed by atoms with E-state index < -0.39 is 0 Å². The minimum Gasteiger partial charge on any atom is -0.399 e. The number of anilines is 1. The molecule has 1 aliphatic rings. The number of benzene rings is 1. The van der Waals surface area contributed by atoms with Crippen molar-refractivity contribution < 1.29 is 0 Å². The first-order valence-electron chi connectivity index (χ1n) is 5.91. The first kappa shape index (κ1) is 12.1. The molecular weight excluding hydrogens is 238 g/mol. The molecule has 1 aromatic carbocycles. The Balaban J connectivity index is 1.90. The maximum Gasteiger partial charge on any atom is 0.0447 e. The lowest BCUT2D eigenvalue weighted by Crippen LogP contribution is -2.08. The molecule has 1 fully saturated rings. The van der Waals surface area contributed by atoms with Crippen molar-refractivity contribution in [3.05, 3.63) is 28.8 Å². The van der Waals surface area contributed by atoms with Gasteiger partial charge in [-0.05, 0) is 36.6 Å². The Bertz CT molecular complexity index is 348. The Morgan fingerprint density at radius 3 is 2.75 bits per heavy atom. The van der Waals surface area contributed by atoms with Gasteiger partial charge >= 0.3 is 0 Å². The highest BCUT2D eigenvalue weighted by Gasteiger charge is 2.14. The highest BCUT2D eigenvalue weighted by molar-refractivity contribution is 7.99. The summed E-state index contributed by atoms with van der Waals surface area (Å²) in [5.41, 5.74) is 7.76. The topological polar surface area (TPSA) is 26.0 Å². The normalized spacial score (nSPS) is 17.6. The minimum absolute atomic E-state index is 0.809. The largest absolute Gasteiger partial charge is 0.399 e. The zero-order chi connectivity index (χ0) is 11.4. The van der Waals surface area contributed by atoms with Crippen molar-refractivity contribution in [2.45, 2.75) is 43.1 Å². The van der Waals surface area contributed by atoms with Gasteiger partial charge in [0.15, 0.2) is 0 Å². The fraction of sp³-hybridized carbons (Fsp3) is 0.538. The van der Waals surface area contributed by atoms with Crippen molar-refractivity contribution >= 4 is 29.1 Å². The van der Waals surface area contributed by atoms with E-state index in [4.69, 9.17) is 17.3 Å². The summed E-state index contributed by atoms with van der Waals surface area (Å²) >= 11 is 8.18. The average molecular weight is 256 g/mol. The van der Waals surface area contributed by atoms with Crippen LogP contribution in [0.2, 0.25) is 5.02 Å². The Morgan fingerprint density at radius 1 is 1.25 bits per heavy atom. The first-order chi connectivity index (χ1) is 7.75. The van der Waals surface area contributed by atoms with Crippen LogP contribution in [0.5, 0.6) is 0 Å². The van der Waals surface area contributed by atoms with E-state index in [0.717, 1.165) is 21.7 Å². The number of thioether (sulfide) groups is 1. The molecular formula is C13H18ClNS. The maximum absolute atomic E-state index is 6.15. The summed E-state index contributed by atoms with van der Waals surface area (Å²) in [6.07, 6.45) is 6.93. The van der Waals surface area contributed by atoms with Crippen molar-refractivity contribution in [2.75, 3.05) is 5.73 Å². The van der Waals surface area contributed by atoms with Crippen LogP contribution in [0.25, 0.3) is 0 Å². The molecule has 16 heavy (non-hydrogen) atoms. The Hall–Kier alpha value is -0.340. The molecule has 2 N–H and O–H groups in total. The SMILES string of the molecule is Nc1ccc(Cl)c(CSC2CCCCC2)c1. The molecule has 0 amide bonds. The predicted molar refractivity (Wildman–Crippen MR) is 74.0 cm³/mol. The van der Waals surface area contributed by atoms with Gasteiger partial charge in [0.05, 0.1) is 0 Å². The molecule has 0 atom stereocenters. The molecule has 3 heteroatoms. The number of nitrogens with two attached hydrogens (primary N) is 1. The van der Waals surface area contributed by atoms with E-state index >= 15 is 0 Å². The third-order valence-corrected chi connectivity index (χ3v) is 4.89. The minimum atomic E-state index is 0.809. The highest BCUT2D eigenvalue weighted by atomic mass is 35.5. The summed E-state index contributed by atoms with van der Waals surface area (Å²) in [5.74, 6) is 0.995. The fourth-order valence-electron chi connectivity index (χ4n) is 2.14. The van der Waals surface area contributed by atoms with Gasteiger partial charge < -0.3 is 5.73 Å². The fourth-order valence-corrected chi connectivity index (χ4v) is 3.73. The molecule has 0 saturated heterocycles. The monoisotopic (exact) mass is 255 g/mol. The predicted octanol–water partition coefficient (Wildman–Crippen LogP) is 4.49. The van der Waals surface area contributed by atoms with Crippen LogP contribution >= 0.6 is 23.4 Å². The van der Waals surface area contributed by atoms with Crippen molar-refractivity contribution in [3.63, 3.8) is 0 Å². The van der Waals surface area contributed by atoms with Crippen LogP contribution in [0.4, 0.5) is 5.69 Å². The molecule has 0 aliphatic heterocycles. The molecule has 1 aliphatic carbocycles. The molecule has 1 aromatic rings. The third-order valence-electron chi connectivity index (χ3n) is 3.10. The van der Waals surface area contributed by atoms with Crippen LogP contribution < -0.4 is 5.73 Å². The molecule has 0 spiro atoms. The van der Waals surface area contributed by atoms with Crippen LogP contribution in [-0.4, -0.2) is 5.25 Å². The van der Waals surface area contributed by atoms with Crippen molar-refractivity contribution in [1.82, 2.24) is 0 Å². The van der Waals surface area contributed by atoms with Crippen LogP contribution in [0, 0.1) is 0 Å². The molecule has 0 aromatic heterocycles. The van der Waals surface area contributed by atoms with E-state index in [9.17, 15) is 0 Å². The van der Waals surface area contributed by atoms with Crippen molar-refractivity contribution in [1.29, 1.82) is 0 Å². The molecule has 2 rings (SSSR count). The van der Waals surface area contributed by atoms with E-state index in [1.54, 1.807) is 0 Å². The van der Waals surface area contributed by atoms with Gasteiger partial charge in [-0.1, -0.05) is 30.9 Å². The quantitative estimate of drug-likeness (QED) is 0.806. The van der Waals surface area contributed by atoms with Crippen LogP contribution in [0.15, 0.2) is 18.2 Å². The molecule has 88 valence electrons. The molecule has 0 bridgehead atoms. The molecule has 0 unspecified atom stereocenters. The van der Waals surface area contributed by atoms with E-state index in [1.807, 2.05) is 30.0 Å². The molecule has 1 saturated carbocycles. The standard InChI is InChI=1S/C13H18ClNS/c14-13-7-6-11(15)8-10(13)9-16-12-4-2-1-3-5-12/h6-8,12H,1-5,9,15H2. The van der Waals surface area contributed by atoms with Gasteiger partial charge in [-0.2, -0.15) is 11.8 Å². The number of hydrogen-bond donors (Lipinski definition) is 1. The summed E-state index contributed by atoms with van der Waals surface area (Å²) in [5, 5.41) is 1.67. The second kappa shape index (κ2) is 5.83. The lowest BCUT2D eigenvalue weighted by atomic mass is 10.0. The van der Waals surface area contributed by atoms with Crippen molar-refractivity contribution in [3.8, 4) is 0 Å². The van der Waals surface area contributed by atoms with Gasteiger partial charge in [-0.15, -0.1) is 0 Å². The third kappa shape index (κ3) is 3.33. The van der Waals surface area contributed by atoms with Gasteiger partial charge in [0, 0.05) is 21.7 Å². The molecule has 0 heterocycles. The summed E-state index contributed by atoms with van der Waals surface area (Å²) in [6, 6.07) is 5.75. The van der Waals surface area contributed by atoms with E-state index in [2.05, 4.69) is 0 Å². The second-order valence-electron chi connectivity index (χ2n) is 4.42. The zero-order valence-electron chi connectivity index (χ0n) is 9.42. The van der Waals surface area contributed by atoms with Gasteiger partial charge in [0.1, 0.15) is 0 Å². The zero-order valence-corrected chi connectivity index (χ0v) is 11.0. The molecule has 0 radical (unpaired) electrons. The Morgan fingerprint density at radius 2 is 2.00 bits per heavy atom. The summed E-state index contributed by atoms with van der Waals surface area (Å²) in [6.45, 7) is 0. The van der Waals surface area contributed by atoms with E-state index in [-0.39, 0.29) is 0 Å². The molecule has 1 nitrogen and oxygen atoms in total.